The maximum atomic E-state index is 9.40. The largest absolute Gasteiger partial charge is 0.390 e. The zero-order valence-corrected chi connectivity index (χ0v) is 9.31. The van der Waals surface area contributed by atoms with Gasteiger partial charge in [0.05, 0.1) is 29.0 Å². The second-order valence-electron chi connectivity index (χ2n) is 3.99. The van der Waals surface area contributed by atoms with Gasteiger partial charge in [-0.3, -0.25) is 4.40 Å². The van der Waals surface area contributed by atoms with E-state index in [0.717, 1.165) is 28.2 Å². The Morgan fingerprint density at radius 2 is 1.94 bits per heavy atom. The van der Waals surface area contributed by atoms with Crippen molar-refractivity contribution in [2.24, 2.45) is 7.05 Å². The van der Waals surface area contributed by atoms with Gasteiger partial charge in [-0.2, -0.15) is 0 Å². The fraction of sp³-hybridized carbons (Fsp3) is 0.250. The number of aromatic nitrogens is 3. The lowest BCUT2D eigenvalue weighted by Crippen LogP contribution is -1.92. The molecule has 1 N–H and O–H groups in total. The van der Waals surface area contributed by atoms with Gasteiger partial charge in [0.2, 0.25) is 5.78 Å². The molecule has 3 aromatic rings. The molecular formula is C12H13N3O. The first-order chi connectivity index (χ1) is 7.74. The fourth-order valence-electron chi connectivity index (χ4n) is 2.25. The summed E-state index contributed by atoms with van der Waals surface area (Å²) in [6.45, 7) is 1.94. The zero-order chi connectivity index (χ0) is 11.3. The Morgan fingerprint density at radius 1 is 1.25 bits per heavy atom. The van der Waals surface area contributed by atoms with E-state index in [0.29, 0.717) is 0 Å². The Bertz CT molecular complexity index is 678. The second kappa shape index (κ2) is 3.09. The van der Waals surface area contributed by atoms with Crippen molar-refractivity contribution in [2.75, 3.05) is 0 Å². The SMILES string of the molecule is Cc1nc2n(C)c3ccccc3n2c1CO. The summed E-state index contributed by atoms with van der Waals surface area (Å²) < 4.78 is 4.06. The minimum absolute atomic E-state index is 0.0149. The number of fused-ring (bicyclic) bond motifs is 3. The molecule has 2 aromatic heterocycles. The van der Waals surface area contributed by atoms with Gasteiger partial charge in [0.15, 0.2) is 0 Å². The minimum atomic E-state index is 0.0149. The quantitative estimate of drug-likeness (QED) is 0.670. The van der Waals surface area contributed by atoms with Gasteiger partial charge in [-0.1, -0.05) is 12.1 Å². The van der Waals surface area contributed by atoms with E-state index in [1.165, 1.54) is 0 Å². The molecule has 4 nitrogen and oxygen atoms in total. The van der Waals surface area contributed by atoms with Gasteiger partial charge in [0.25, 0.3) is 0 Å². The minimum Gasteiger partial charge on any atom is -0.390 e. The van der Waals surface area contributed by atoms with Gasteiger partial charge < -0.3 is 9.67 Å². The van der Waals surface area contributed by atoms with Gasteiger partial charge in [0.1, 0.15) is 0 Å². The molecule has 0 amide bonds. The van der Waals surface area contributed by atoms with Gasteiger partial charge in [0, 0.05) is 7.05 Å². The first-order valence-electron chi connectivity index (χ1n) is 5.26. The molecule has 2 heterocycles. The van der Waals surface area contributed by atoms with Gasteiger partial charge in [-0.15, -0.1) is 0 Å². The topological polar surface area (TPSA) is 42.5 Å². The third kappa shape index (κ3) is 0.994. The molecule has 0 aliphatic heterocycles. The van der Waals surface area contributed by atoms with E-state index >= 15 is 0 Å². The first kappa shape index (κ1) is 9.42. The maximum Gasteiger partial charge on any atom is 0.215 e. The van der Waals surface area contributed by atoms with E-state index in [2.05, 4.69) is 11.1 Å². The molecule has 16 heavy (non-hydrogen) atoms. The predicted octanol–water partition coefficient (Wildman–Crippen LogP) is 1.63. The molecule has 0 unspecified atom stereocenters. The molecule has 0 saturated carbocycles. The number of hydrogen-bond donors (Lipinski definition) is 1. The lowest BCUT2D eigenvalue weighted by atomic mass is 10.3. The number of aryl methyl sites for hydroxylation is 2. The number of nitrogens with zero attached hydrogens (tertiary/aromatic N) is 3. The Morgan fingerprint density at radius 3 is 2.62 bits per heavy atom. The van der Waals surface area contributed by atoms with Crippen LogP contribution in [0.1, 0.15) is 11.4 Å². The van der Waals surface area contributed by atoms with Gasteiger partial charge >= 0.3 is 0 Å². The molecule has 0 saturated heterocycles. The normalized spacial score (nSPS) is 11.7. The maximum absolute atomic E-state index is 9.40. The van der Waals surface area contributed by atoms with Gasteiger partial charge in [-0.05, 0) is 19.1 Å². The van der Waals surface area contributed by atoms with Crippen molar-refractivity contribution in [1.29, 1.82) is 0 Å². The number of hydrogen-bond acceptors (Lipinski definition) is 2. The molecule has 4 heteroatoms. The van der Waals surface area contributed by atoms with Crippen LogP contribution in [-0.4, -0.2) is 19.1 Å². The molecule has 3 rings (SSSR count). The molecule has 1 aromatic carbocycles. The summed E-state index contributed by atoms with van der Waals surface area (Å²) in [6, 6.07) is 8.11. The van der Waals surface area contributed by atoms with Crippen molar-refractivity contribution >= 4 is 16.8 Å². The van der Waals surface area contributed by atoms with E-state index in [9.17, 15) is 5.11 Å². The summed E-state index contributed by atoms with van der Waals surface area (Å²) in [7, 11) is 1.99. The smallest absolute Gasteiger partial charge is 0.215 e. The highest BCUT2D eigenvalue weighted by molar-refractivity contribution is 5.81. The monoisotopic (exact) mass is 215 g/mol. The number of imidazole rings is 2. The molecule has 0 aliphatic carbocycles. The van der Waals surface area contributed by atoms with Crippen LogP contribution in [0.25, 0.3) is 16.8 Å². The van der Waals surface area contributed by atoms with Crippen LogP contribution in [0.15, 0.2) is 24.3 Å². The lowest BCUT2D eigenvalue weighted by Gasteiger charge is -1.97. The standard InChI is InChI=1S/C12H13N3O/c1-8-11(7-16)15-10-6-4-3-5-9(10)14(2)12(15)13-8/h3-6,16H,7H2,1-2H3. The molecule has 0 aliphatic rings. The Labute approximate surface area is 92.8 Å². The van der Waals surface area contributed by atoms with E-state index < -0.39 is 0 Å². The van der Waals surface area contributed by atoms with Crippen molar-refractivity contribution in [2.45, 2.75) is 13.5 Å². The van der Waals surface area contributed by atoms with Crippen LogP contribution in [0.5, 0.6) is 0 Å². The van der Waals surface area contributed by atoms with Crippen LogP contribution in [0.4, 0.5) is 0 Å². The van der Waals surface area contributed by atoms with E-state index in [1.807, 2.05) is 41.1 Å². The molecule has 0 bridgehead atoms. The zero-order valence-electron chi connectivity index (χ0n) is 9.31. The van der Waals surface area contributed by atoms with Crippen LogP contribution in [0, 0.1) is 6.92 Å². The fourth-order valence-corrected chi connectivity index (χ4v) is 2.25. The van der Waals surface area contributed by atoms with E-state index in [4.69, 9.17) is 0 Å². The van der Waals surface area contributed by atoms with Crippen LogP contribution >= 0.6 is 0 Å². The second-order valence-corrected chi connectivity index (χ2v) is 3.99. The van der Waals surface area contributed by atoms with Crippen molar-refractivity contribution in [3.63, 3.8) is 0 Å². The van der Waals surface area contributed by atoms with E-state index in [-0.39, 0.29) is 6.61 Å². The number of benzene rings is 1. The Balaban J connectivity index is 2.61. The van der Waals surface area contributed by atoms with Crippen LogP contribution in [0.3, 0.4) is 0 Å². The highest BCUT2D eigenvalue weighted by Gasteiger charge is 2.14. The van der Waals surface area contributed by atoms with Crippen molar-refractivity contribution in [3.05, 3.63) is 35.7 Å². The third-order valence-electron chi connectivity index (χ3n) is 3.09. The predicted molar refractivity (Wildman–Crippen MR) is 62.3 cm³/mol. The summed E-state index contributed by atoms with van der Waals surface area (Å²) in [5, 5.41) is 9.40. The van der Waals surface area contributed by atoms with Crippen molar-refractivity contribution in [3.8, 4) is 0 Å². The molecule has 0 fully saturated rings. The Hall–Kier alpha value is -1.81. The summed E-state index contributed by atoms with van der Waals surface area (Å²) in [5.74, 6) is 0.878. The first-order valence-corrected chi connectivity index (χ1v) is 5.26. The molecule has 0 radical (unpaired) electrons. The third-order valence-corrected chi connectivity index (χ3v) is 3.09. The summed E-state index contributed by atoms with van der Waals surface area (Å²) in [5.41, 5.74) is 3.97. The highest BCUT2D eigenvalue weighted by atomic mass is 16.3. The molecule has 0 atom stereocenters. The van der Waals surface area contributed by atoms with E-state index in [1.54, 1.807) is 0 Å². The van der Waals surface area contributed by atoms with Crippen molar-refractivity contribution < 1.29 is 5.11 Å². The highest BCUT2D eigenvalue weighted by Crippen LogP contribution is 2.22. The summed E-state index contributed by atoms with van der Waals surface area (Å²) >= 11 is 0. The lowest BCUT2D eigenvalue weighted by molar-refractivity contribution is 0.275. The molecule has 0 spiro atoms. The average molecular weight is 215 g/mol. The summed E-state index contributed by atoms with van der Waals surface area (Å²) in [4.78, 5) is 4.49. The van der Waals surface area contributed by atoms with Crippen molar-refractivity contribution in [1.82, 2.24) is 14.0 Å². The number of para-hydroxylation sites is 2. The number of aliphatic hydroxyl groups excluding tert-OH is 1. The number of aliphatic hydroxyl groups is 1. The van der Waals surface area contributed by atoms with Crippen LogP contribution < -0.4 is 0 Å². The Kier molecular flexibility index (Phi) is 1.82. The molecule has 82 valence electrons. The van der Waals surface area contributed by atoms with Crippen LogP contribution in [-0.2, 0) is 13.7 Å². The number of rotatable bonds is 1. The van der Waals surface area contributed by atoms with Gasteiger partial charge in [-0.25, -0.2) is 4.98 Å². The van der Waals surface area contributed by atoms with Crippen LogP contribution in [0.2, 0.25) is 0 Å². The summed E-state index contributed by atoms with van der Waals surface area (Å²) in [6.07, 6.45) is 0. The molecular weight excluding hydrogens is 202 g/mol. The average Bonchev–Trinajstić information content (AvgIpc) is 2.76.